The van der Waals surface area contributed by atoms with Crippen LogP contribution in [0, 0.1) is 0 Å². The van der Waals surface area contributed by atoms with Crippen LogP contribution in [0.3, 0.4) is 0 Å². The summed E-state index contributed by atoms with van der Waals surface area (Å²) in [6.07, 6.45) is 0. The number of ketones is 2. The van der Waals surface area contributed by atoms with E-state index in [-0.39, 0.29) is 32.5 Å². The first-order chi connectivity index (χ1) is 12.2. The Hall–Kier alpha value is -1.30. The van der Waals surface area contributed by atoms with Gasteiger partial charge in [-0.25, -0.2) is 8.42 Å². The van der Waals surface area contributed by atoms with Crippen LogP contribution in [0.2, 0.25) is 0 Å². The predicted molar refractivity (Wildman–Crippen MR) is 103 cm³/mol. The summed E-state index contributed by atoms with van der Waals surface area (Å²) in [5.41, 5.74) is 0.278. The van der Waals surface area contributed by atoms with Crippen molar-refractivity contribution >= 4 is 55.3 Å². The normalized spacial score (nSPS) is 13.2. The molecule has 0 spiro atoms. The molecule has 2 N–H and O–H groups in total. The van der Waals surface area contributed by atoms with Crippen LogP contribution in [-0.4, -0.2) is 29.1 Å². The van der Waals surface area contributed by atoms with Gasteiger partial charge in [0.15, 0.2) is 33.7 Å². The van der Waals surface area contributed by atoms with Crippen LogP contribution < -0.4 is 0 Å². The van der Waals surface area contributed by atoms with Gasteiger partial charge in [-0.3, -0.25) is 9.59 Å². The first kappa shape index (κ1) is 21.0. The fourth-order valence-corrected chi connectivity index (χ4v) is 6.63. The van der Waals surface area contributed by atoms with Crippen LogP contribution in [0.4, 0.5) is 0 Å². The number of hydrogen-bond donors (Lipinski definition) is 2. The standard InChI is InChI=1S/C16H14O6S4/c1-9(17)11-5-3-7-13(15(11)25(19)20)23-24-14-8-4-6-12(10(2)18)16(14)26(21)22/h3-8H,1-2H3,(H,19,20)(H,21,22). The third kappa shape index (κ3) is 4.70. The van der Waals surface area contributed by atoms with Gasteiger partial charge < -0.3 is 9.11 Å². The van der Waals surface area contributed by atoms with Gasteiger partial charge >= 0.3 is 0 Å². The Labute approximate surface area is 163 Å². The minimum Gasteiger partial charge on any atom is -0.302 e. The Morgan fingerprint density at radius 1 is 0.769 bits per heavy atom. The molecule has 0 heterocycles. The average molecular weight is 431 g/mol. The first-order valence-electron chi connectivity index (χ1n) is 7.08. The van der Waals surface area contributed by atoms with Gasteiger partial charge in [0.2, 0.25) is 0 Å². The average Bonchev–Trinajstić information content (AvgIpc) is 2.58. The van der Waals surface area contributed by atoms with E-state index in [1.807, 2.05) is 0 Å². The van der Waals surface area contributed by atoms with Crippen molar-refractivity contribution in [2.75, 3.05) is 0 Å². The third-order valence-corrected chi connectivity index (χ3v) is 7.57. The molecule has 2 atom stereocenters. The number of rotatable bonds is 7. The molecule has 0 radical (unpaired) electrons. The Morgan fingerprint density at radius 3 is 1.38 bits per heavy atom. The lowest BCUT2D eigenvalue weighted by atomic mass is 10.1. The molecule has 0 aromatic heterocycles. The summed E-state index contributed by atoms with van der Waals surface area (Å²) in [4.78, 5) is 24.1. The van der Waals surface area contributed by atoms with Gasteiger partial charge in [0, 0.05) is 20.9 Å². The van der Waals surface area contributed by atoms with Crippen LogP contribution >= 0.6 is 21.6 Å². The summed E-state index contributed by atoms with van der Waals surface area (Å²) in [5.74, 6) is -0.684. The van der Waals surface area contributed by atoms with E-state index in [0.29, 0.717) is 9.79 Å². The molecule has 0 aliphatic heterocycles. The Morgan fingerprint density at radius 2 is 1.12 bits per heavy atom. The molecule has 2 unspecified atom stereocenters. The van der Waals surface area contributed by atoms with Crippen molar-refractivity contribution in [2.45, 2.75) is 33.4 Å². The summed E-state index contributed by atoms with van der Waals surface area (Å²) >= 11 is -4.75. The van der Waals surface area contributed by atoms with E-state index in [0.717, 1.165) is 21.6 Å². The lowest BCUT2D eigenvalue weighted by Crippen LogP contribution is -2.03. The van der Waals surface area contributed by atoms with Gasteiger partial charge in [-0.2, -0.15) is 0 Å². The molecule has 2 aromatic carbocycles. The summed E-state index contributed by atoms with van der Waals surface area (Å²) in [5, 5.41) is 0. The maximum absolute atomic E-state index is 11.7. The zero-order valence-corrected chi connectivity index (χ0v) is 16.9. The van der Waals surface area contributed by atoms with Gasteiger partial charge in [-0.15, -0.1) is 0 Å². The van der Waals surface area contributed by atoms with E-state index in [1.165, 1.54) is 26.0 Å². The van der Waals surface area contributed by atoms with Gasteiger partial charge in [0.05, 0.1) is 9.79 Å². The van der Waals surface area contributed by atoms with Gasteiger partial charge in [0.25, 0.3) is 0 Å². The fourth-order valence-electron chi connectivity index (χ4n) is 2.17. The molecule has 2 aromatic rings. The Kier molecular flexibility index (Phi) is 7.33. The summed E-state index contributed by atoms with van der Waals surface area (Å²) in [7, 11) is 2.13. The second-order valence-corrected chi connectivity index (χ2v) is 9.07. The molecule has 0 bridgehead atoms. The molecule has 0 saturated carbocycles. The zero-order chi connectivity index (χ0) is 19.4. The van der Waals surface area contributed by atoms with Crippen molar-refractivity contribution in [2.24, 2.45) is 0 Å². The molecule has 0 saturated heterocycles. The molecule has 0 fully saturated rings. The van der Waals surface area contributed by atoms with Crippen LogP contribution in [0.15, 0.2) is 56.0 Å². The summed E-state index contributed by atoms with van der Waals surface area (Å²) in [6, 6.07) is 9.27. The highest BCUT2D eigenvalue weighted by molar-refractivity contribution is 8.76. The molecular weight excluding hydrogens is 416 g/mol. The van der Waals surface area contributed by atoms with Crippen molar-refractivity contribution in [3.8, 4) is 0 Å². The number of carbonyl (C=O) groups is 2. The quantitative estimate of drug-likeness (QED) is 0.385. The molecular formula is C16H14O6S4. The highest BCUT2D eigenvalue weighted by Crippen LogP contribution is 2.43. The molecule has 0 amide bonds. The highest BCUT2D eigenvalue weighted by Gasteiger charge is 2.20. The molecule has 2 rings (SSSR count). The van der Waals surface area contributed by atoms with E-state index in [2.05, 4.69) is 0 Å². The highest BCUT2D eigenvalue weighted by atomic mass is 33.1. The van der Waals surface area contributed by atoms with E-state index < -0.39 is 22.2 Å². The van der Waals surface area contributed by atoms with Crippen LogP contribution in [0.1, 0.15) is 34.6 Å². The molecule has 26 heavy (non-hydrogen) atoms. The molecule has 6 nitrogen and oxygen atoms in total. The molecule has 10 heteroatoms. The van der Waals surface area contributed by atoms with Crippen molar-refractivity contribution in [1.29, 1.82) is 0 Å². The SMILES string of the molecule is CC(=O)c1cccc(SSc2cccc(C(C)=O)c2S(=O)O)c1S(=O)O. The van der Waals surface area contributed by atoms with Crippen molar-refractivity contribution in [1.82, 2.24) is 0 Å². The monoisotopic (exact) mass is 430 g/mol. The first-order valence-corrected chi connectivity index (χ1v) is 11.4. The smallest absolute Gasteiger partial charge is 0.188 e. The van der Waals surface area contributed by atoms with E-state index in [9.17, 15) is 27.1 Å². The van der Waals surface area contributed by atoms with E-state index >= 15 is 0 Å². The minimum atomic E-state index is -2.37. The van der Waals surface area contributed by atoms with Crippen molar-refractivity contribution < 1.29 is 27.1 Å². The lowest BCUT2D eigenvalue weighted by Gasteiger charge is -2.11. The number of Topliss-reactive ketones (excluding diaryl/α,β-unsaturated/α-hetero) is 2. The second kappa shape index (κ2) is 9.07. The van der Waals surface area contributed by atoms with Crippen LogP contribution in [0.25, 0.3) is 0 Å². The number of carbonyl (C=O) groups excluding carboxylic acids is 2. The molecule has 0 aliphatic carbocycles. The zero-order valence-electron chi connectivity index (χ0n) is 13.6. The maximum Gasteiger partial charge on any atom is 0.188 e. The second-order valence-electron chi connectivity index (χ2n) is 5.04. The van der Waals surface area contributed by atoms with Gasteiger partial charge in [0.1, 0.15) is 0 Å². The fraction of sp³-hybridized carbons (Fsp3) is 0.125. The molecule has 138 valence electrons. The van der Waals surface area contributed by atoms with E-state index in [4.69, 9.17) is 0 Å². The topological polar surface area (TPSA) is 109 Å². The van der Waals surface area contributed by atoms with Crippen molar-refractivity contribution in [3.63, 3.8) is 0 Å². The third-order valence-electron chi connectivity index (χ3n) is 3.29. The molecule has 0 aliphatic rings. The Bertz CT molecular complexity index is 849. The minimum absolute atomic E-state index is 0.00751. The van der Waals surface area contributed by atoms with Crippen LogP contribution in [0.5, 0.6) is 0 Å². The predicted octanol–water partition coefficient (Wildman–Crippen LogP) is 4.05. The van der Waals surface area contributed by atoms with E-state index in [1.54, 1.807) is 24.3 Å². The van der Waals surface area contributed by atoms with Gasteiger partial charge in [-0.1, -0.05) is 45.9 Å². The van der Waals surface area contributed by atoms with Gasteiger partial charge in [-0.05, 0) is 26.0 Å². The summed E-state index contributed by atoms with van der Waals surface area (Å²) < 4.78 is 42.5. The summed E-state index contributed by atoms with van der Waals surface area (Å²) in [6.45, 7) is 2.60. The largest absolute Gasteiger partial charge is 0.302 e. The number of benzene rings is 2. The Balaban J connectivity index is 2.45. The van der Waals surface area contributed by atoms with Crippen molar-refractivity contribution in [3.05, 3.63) is 47.5 Å². The number of hydrogen-bond acceptors (Lipinski definition) is 6. The van der Waals surface area contributed by atoms with Crippen LogP contribution in [-0.2, 0) is 22.2 Å². The lowest BCUT2D eigenvalue weighted by molar-refractivity contribution is 0.100. The maximum atomic E-state index is 11.7.